The molecule has 4 heterocycles. The molecule has 0 spiro atoms. The van der Waals surface area contributed by atoms with Gasteiger partial charge in [-0.3, -0.25) is 4.68 Å². The van der Waals surface area contributed by atoms with Crippen LogP contribution in [0, 0.1) is 6.92 Å². The van der Waals surface area contributed by atoms with Crippen molar-refractivity contribution >= 4 is 5.95 Å². The van der Waals surface area contributed by atoms with Crippen LogP contribution in [0.4, 0.5) is 19.1 Å². The average Bonchev–Trinajstić information content (AvgIpc) is 3.50. The van der Waals surface area contributed by atoms with Crippen molar-refractivity contribution in [1.29, 1.82) is 0 Å². The molecule has 0 aliphatic carbocycles. The number of aromatic nitrogens is 7. The lowest BCUT2D eigenvalue weighted by Gasteiger charge is -2.27. The van der Waals surface area contributed by atoms with Gasteiger partial charge in [0.15, 0.2) is 5.69 Å². The summed E-state index contributed by atoms with van der Waals surface area (Å²) in [7, 11) is 1.57. The normalized spacial score (nSPS) is 14.1. The van der Waals surface area contributed by atoms with Crippen LogP contribution in [0.25, 0.3) is 22.9 Å². The number of rotatable bonds is 5. The van der Waals surface area contributed by atoms with Gasteiger partial charge in [0.1, 0.15) is 11.5 Å². The SMILES string of the molecule is Cc1cnn(C(C)C)c1-c1nc2n(n1)CCCN2Cc1ccc(-c2nc(C(F)(F)F)cn2C)cc1. The molecule has 0 N–H and O–H groups in total. The van der Waals surface area contributed by atoms with Crippen molar-refractivity contribution in [2.75, 3.05) is 11.4 Å². The lowest BCUT2D eigenvalue weighted by molar-refractivity contribution is -0.140. The molecule has 0 saturated carbocycles. The minimum atomic E-state index is -4.47. The zero-order valence-corrected chi connectivity index (χ0v) is 20.1. The standard InChI is InChI=1S/C24H27F3N8/c1-15(2)35-20(16(3)12-28-35)21-30-23-33(10-5-11-34(23)31-21)13-17-6-8-18(9-7-17)22-29-19(14-32(22)4)24(25,26)27/h6-9,12,14-15H,5,10-11,13H2,1-4H3. The van der Waals surface area contributed by atoms with E-state index in [-0.39, 0.29) is 11.9 Å². The molecule has 0 saturated heterocycles. The van der Waals surface area contributed by atoms with Gasteiger partial charge in [0.25, 0.3) is 0 Å². The van der Waals surface area contributed by atoms with Crippen LogP contribution in [-0.4, -0.2) is 40.6 Å². The summed E-state index contributed by atoms with van der Waals surface area (Å²) < 4.78 is 44.3. The molecule has 11 heteroatoms. The third kappa shape index (κ3) is 4.30. The van der Waals surface area contributed by atoms with E-state index in [9.17, 15) is 13.2 Å². The quantitative estimate of drug-likeness (QED) is 0.405. The molecule has 8 nitrogen and oxygen atoms in total. The molecule has 35 heavy (non-hydrogen) atoms. The predicted octanol–water partition coefficient (Wildman–Crippen LogP) is 4.86. The third-order valence-electron chi connectivity index (χ3n) is 6.16. The minimum absolute atomic E-state index is 0.194. The van der Waals surface area contributed by atoms with Crippen LogP contribution in [0.1, 0.15) is 43.1 Å². The lowest BCUT2D eigenvalue weighted by atomic mass is 10.1. The number of anilines is 1. The zero-order valence-electron chi connectivity index (χ0n) is 20.1. The lowest BCUT2D eigenvalue weighted by Crippen LogP contribution is -2.32. The molecule has 1 aromatic carbocycles. The summed E-state index contributed by atoms with van der Waals surface area (Å²) in [6, 6.07) is 7.65. The Morgan fingerprint density at radius 3 is 2.46 bits per heavy atom. The second kappa shape index (κ2) is 8.54. The number of hydrogen-bond donors (Lipinski definition) is 0. The first-order chi connectivity index (χ1) is 16.6. The molecule has 4 aromatic rings. The van der Waals surface area contributed by atoms with Crippen molar-refractivity contribution in [1.82, 2.24) is 34.1 Å². The molecule has 0 amide bonds. The van der Waals surface area contributed by atoms with E-state index >= 15 is 0 Å². The number of imidazole rings is 1. The van der Waals surface area contributed by atoms with Gasteiger partial charge < -0.3 is 9.47 Å². The predicted molar refractivity (Wildman–Crippen MR) is 126 cm³/mol. The molecule has 184 valence electrons. The molecule has 0 unspecified atom stereocenters. The summed E-state index contributed by atoms with van der Waals surface area (Å²) in [5.41, 5.74) is 2.73. The van der Waals surface area contributed by atoms with Gasteiger partial charge in [0.05, 0.1) is 6.20 Å². The number of alkyl halides is 3. The Kier molecular flexibility index (Phi) is 5.65. The van der Waals surface area contributed by atoms with Crippen molar-refractivity contribution < 1.29 is 13.2 Å². The largest absolute Gasteiger partial charge is 0.434 e. The van der Waals surface area contributed by atoms with E-state index in [1.54, 1.807) is 7.05 Å². The van der Waals surface area contributed by atoms with Crippen LogP contribution in [0.3, 0.4) is 0 Å². The van der Waals surface area contributed by atoms with Gasteiger partial charge in [0.2, 0.25) is 11.8 Å². The first-order valence-corrected chi connectivity index (χ1v) is 11.6. The van der Waals surface area contributed by atoms with Gasteiger partial charge in [-0.1, -0.05) is 24.3 Å². The second-order valence-corrected chi connectivity index (χ2v) is 9.20. The van der Waals surface area contributed by atoms with Gasteiger partial charge in [-0.05, 0) is 38.3 Å². The van der Waals surface area contributed by atoms with Gasteiger partial charge in [-0.25, -0.2) is 9.67 Å². The van der Waals surface area contributed by atoms with E-state index in [0.29, 0.717) is 17.9 Å². The number of benzene rings is 1. The maximum Gasteiger partial charge on any atom is 0.434 e. The number of aryl methyl sites for hydroxylation is 3. The number of halogens is 3. The van der Waals surface area contributed by atoms with Gasteiger partial charge in [0, 0.05) is 44.5 Å². The second-order valence-electron chi connectivity index (χ2n) is 9.20. The molecule has 0 fully saturated rings. The Morgan fingerprint density at radius 1 is 1.06 bits per heavy atom. The molecule has 0 atom stereocenters. The summed E-state index contributed by atoms with van der Waals surface area (Å²) in [5, 5.41) is 9.26. The van der Waals surface area contributed by atoms with Crippen LogP contribution < -0.4 is 4.90 Å². The van der Waals surface area contributed by atoms with Crippen molar-refractivity contribution in [2.24, 2.45) is 7.05 Å². The first-order valence-electron chi connectivity index (χ1n) is 11.6. The van der Waals surface area contributed by atoms with Crippen molar-refractivity contribution in [3.05, 3.63) is 53.5 Å². The fourth-order valence-corrected chi connectivity index (χ4v) is 4.45. The van der Waals surface area contributed by atoms with E-state index in [4.69, 9.17) is 10.1 Å². The van der Waals surface area contributed by atoms with Crippen molar-refractivity contribution in [2.45, 2.75) is 52.5 Å². The molecule has 3 aromatic heterocycles. The number of nitrogens with zero attached hydrogens (tertiary/aromatic N) is 8. The van der Waals surface area contributed by atoms with Gasteiger partial charge in [-0.2, -0.15) is 23.3 Å². The Labute approximate surface area is 201 Å². The Balaban J connectivity index is 1.39. The maximum absolute atomic E-state index is 13.0. The summed E-state index contributed by atoms with van der Waals surface area (Å²) in [5.74, 6) is 1.76. The highest BCUT2D eigenvalue weighted by molar-refractivity contribution is 5.58. The van der Waals surface area contributed by atoms with E-state index in [1.807, 2.05) is 46.7 Å². The van der Waals surface area contributed by atoms with Crippen LogP contribution in [0.15, 0.2) is 36.7 Å². The number of fused-ring (bicyclic) bond motifs is 1. The summed E-state index contributed by atoms with van der Waals surface area (Å²) >= 11 is 0. The zero-order chi connectivity index (χ0) is 24.9. The Morgan fingerprint density at radius 2 is 1.80 bits per heavy atom. The summed E-state index contributed by atoms with van der Waals surface area (Å²) in [6.45, 7) is 8.44. The summed E-state index contributed by atoms with van der Waals surface area (Å²) in [4.78, 5) is 10.8. The summed E-state index contributed by atoms with van der Waals surface area (Å²) in [6.07, 6.45) is -0.670. The van der Waals surface area contributed by atoms with Crippen LogP contribution in [-0.2, 0) is 26.3 Å². The molecule has 0 radical (unpaired) electrons. The molecule has 5 rings (SSSR count). The third-order valence-corrected chi connectivity index (χ3v) is 6.16. The Hall–Kier alpha value is -3.63. The highest BCUT2D eigenvalue weighted by Gasteiger charge is 2.34. The molecule has 1 aliphatic rings. The molecular weight excluding hydrogens is 457 g/mol. The van der Waals surface area contributed by atoms with E-state index < -0.39 is 11.9 Å². The van der Waals surface area contributed by atoms with Gasteiger partial charge >= 0.3 is 6.18 Å². The van der Waals surface area contributed by atoms with Crippen molar-refractivity contribution in [3.8, 4) is 22.9 Å². The van der Waals surface area contributed by atoms with Crippen molar-refractivity contribution in [3.63, 3.8) is 0 Å². The fraction of sp³-hybridized carbons (Fsp3) is 0.417. The fourth-order valence-electron chi connectivity index (χ4n) is 4.45. The highest BCUT2D eigenvalue weighted by Crippen LogP contribution is 2.31. The topological polar surface area (TPSA) is 69.6 Å². The monoisotopic (exact) mass is 484 g/mol. The highest BCUT2D eigenvalue weighted by atomic mass is 19.4. The van der Waals surface area contributed by atoms with Gasteiger partial charge in [-0.15, -0.1) is 5.10 Å². The van der Waals surface area contributed by atoms with Crippen LogP contribution in [0.2, 0.25) is 0 Å². The maximum atomic E-state index is 13.0. The average molecular weight is 485 g/mol. The molecule has 0 bridgehead atoms. The molecular formula is C24H27F3N8. The number of hydrogen-bond acceptors (Lipinski definition) is 5. The van der Waals surface area contributed by atoms with E-state index in [0.717, 1.165) is 48.5 Å². The first kappa shape index (κ1) is 23.1. The van der Waals surface area contributed by atoms with E-state index in [2.05, 4.69) is 28.8 Å². The minimum Gasteiger partial charge on any atom is -0.337 e. The van der Waals surface area contributed by atoms with Crippen LogP contribution >= 0.6 is 0 Å². The molecule has 1 aliphatic heterocycles. The van der Waals surface area contributed by atoms with Crippen LogP contribution in [0.5, 0.6) is 0 Å². The van der Waals surface area contributed by atoms with E-state index in [1.165, 1.54) is 4.57 Å². The smallest absolute Gasteiger partial charge is 0.337 e. The Bertz CT molecular complexity index is 1340.